The molecular formula is C12H23NO2S. The largest absolute Gasteiger partial charge is 0.459 e. The molecule has 16 heavy (non-hydrogen) atoms. The summed E-state index contributed by atoms with van der Waals surface area (Å²) in [6.07, 6.45) is 3.81. The minimum Gasteiger partial charge on any atom is -0.459 e. The highest BCUT2D eigenvalue weighted by Gasteiger charge is 2.19. The van der Waals surface area contributed by atoms with Crippen molar-refractivity contribution in [3.63, 3.8) is 0 Å². The molecule has 0 radical (unpaired) electrons. The first-order chi connectivity index (χ1) is 7.47. The normalized spacial score (nSPS) is 16.2. The molecule has 0 heterocycles. The average Bonchev–Trinajstić information content (AvgIpc) is 2.91. The Morgan fingerprint density at radius 3 is 2.69 bits per heavy atom. The minimum absolute atomic E-state index is 0.104. The van der Waals surface area contributed by atoms with E-state index in [0.717, 1.165) is 24.8 Å². The van der Waals surface area contributed by atoms with Gasteiger partial charge in [-0.2, -0.15) is 11.8 Å². The SMILES string of the molecule is CC(C)(C)OC(=O)CSCCCNC1CC1. The summed E-state index contributed by atoms with van der Waals surface area (Å²) in [7, 11) is 0. The Balaban J connectivity index is 1.87. The predicted molar refractivity (Wildman–Crippen MR) is 68.8 cm³/mol. The molecule has 0 saturated heterocycles. The zero-order chi connectivity index (χ0) is 12.0. The molecule has 0 aliphatic heterocycles. The highest BCUT2D eigenvalue weighted by molar-refractivity contribution is 7.99. The number of hydrogen-bond acceptors (Lipinski definition) is 4. The standard InChI is InChI=1S/C12H23NO2S/c1-12(2,3)15-11(14)9-16-8-4-7-13-10-5-6-10/h10,13H,4-9H2,1-3H3. The Morgan fingerprint density at radius 1 is 1.44 bits per heavy atom. The van der Waals surface area contributed by atoms with Crippen molar-refractivity contribution in [2.45, 2.75) is 51.7 Å². The number of ether oxygens (including phenoxy) is 1. The van der Waals surface area contributed by atoms with E-state index in [2.05, 4.69) is 5.32 Å². The maximum atomic E-state index is 11.4. The number of carbonyl (C=O) groups excluding carboxylic acids is 1. The molecule has 1 N–H and O–H groups in total. The molecule has 1 rings (SSSR count). The number of esters is 1. The van der Waals surface area contributed by atoms with Crippen LogP contribution in [0, 0.1) is 0 Å². The third-order valence-corrected chi connectivity index (χ3v) is 3.13. The summed E-state index contributed by atoms with van der Waals surface area (Å²) in [5.41, 5.74) is -0.356. The predicted octanol–water partition coefficient (Wildman–Crippen LogP) is 2.20. The molecule has 0 spiro atoms. The van der Waals surface area contributed by atoms with Crippen LogP contribution in [0.1, 0.15) is 40.0 Å². The van der Waals surface area contributed by atoms with Crippen molar-refractivity contribution in [1.29, 1.82) is 0 Å². The summed E-state index contributed by atoms with van der Waals surface area (Å²) in [4.78, 5) is 11.4. The smallest absolute Gasteiger partial charge is 0.316 e. The molecule has 1 saturated carbocycles. The van der Waals surface area contributed by atoms with Crippen LogP contribution in [0.5, 0.6) is 0 Å². The van der Waals surface area contributed by atoms with Gasteiger partial charge in [0.1, 0.15) is 5.60 Å². The maximum Gasteiger partial charge on any atom is 0.316 e. The van der Waals surface area contributed by atoms with Crippen LogP contribution in [-0.4, -0.2) is 35.7 Å². The number of hydrogen-bond donors (Lipinski definition) is 1. The Hall–Kier alpha value is -0.220. The van der Waals surface area contributed by atoms with Crippen molar-refractivity contribution < 1.29 is 9.53 Å². The van der Waals surface area contributed by atoms with Gasteiger partial charge in [0.15, 0.2) is 0 Å². The number of rotatable bonds is 7. The van der Waals surface area contributed by atoms with E-state index in [9.17, 15) is 4.79 Å². The Bertz CT molecular complexity index is 222. The van der Waals surface area contributed by atoms with E-state index in [0.29, 0.717) is 5.75 Å². The molecule has 1 fully saturated rings. The van der Waals surface area contributed by atoms with E-state index < -0.39 is 0 Å². The quantitative estimate of drug-likeness (QED) is 0.551. The maximum absolute atomic E-state index is 11.4. The van der Waals surface area contributed by atoms with E-state index >= 15 is 0 Å². The fourth-order valence-electron chi connectivity index (χ4n) is 1.29. The van der Waals surface area contributed by atoms with Crippen LogP contribution >= 0.6 is 11.8 Å². The molecule has 0 atom stereocenters. The highest BCUT2D eigenvalue weighted by atomic mass is 32.2. The monoisotopic (exact) mass is 245 g/mol. The third kappa shape index (κ3) is 7.99. The van der Waals surface area contributed by atoms with Crippen LogP contribution in [0.3, 0.4) is 0 Å². The second kappa shape index (κ2) is 6.50. The van der Waals surface area contributed by atoms with Crippen LogP contribution in [0.25, 0.3) is 0 Å². The number of thioether (sulfide) groups is 1. The molecule has 4 heteroatoms. The summed E-state index contributed by atoms with van der Waals surface area (Å²) in [6, 6.07) is 0.788. The topological polar surface area (TPSA) is 38.3 Å². The molecule has 1 aliphatic rings. The van der Waals surface area contributed by atoms with Gasteiger partial charge in [0.25, 0.3) is 0 Å². The van der Waals surface area contributed by atoms with E-state index in [1.807, 2.05) is 20.8 Å². The van der Waals surface area contributed by atoms with E-state index in [4.69, 9.17) is 4.74 Å². The van der Waals surface area contributed by atoms with Crippen molar-refractivity contribution in [2.24, 2.45) is 0 Å². The fraction of sp³-hybridized carbons (Fsp3) is 0.917. The van der Waals surface area contributed by atoms with E-state index in [1.54, 1.807) is 11.8 Å². The second-order valence-corrected chi connectivity index (χ2v) is 6.33. The van der Waals surface area contributed by atoms with Crippen LogP contribution in [0.2, 0.25) is 0 Å². The molecular weight excluding hydrogens is 222 g/mol. The van der Waals surface area contributed by atoms with Gasteiger partial charge in [-0.1, -0.05) is 0 Å². The zero-order valence-electron chi connectivity index (χ0n) is 10.5. The molecule has 1 aliphatic carbocycles. The number of nitrogens with one attached hydrogen (secondary N) is 1. The van der Waals surface area contributed by atoms with Gasteiger partial charge in [0.2, 0.25) is 0 Å². The van der Waals surface area contributed by atoms with Crippen LogP contribution in [-0.2, 0) is 9.53 Å². The molecule has 0 unspecified atom stereocenters. The highest BCUT2D eigenvalue weighted by Crippen LogP contribution is 2.18. The van der Waals surface area contributed by atoms with Crippen molar-refractivity contribution in [3.05, 3.63) is 0 Å². The van der Waals surface area contributed by atoms with Crippen LogP contribution in [0.15, 0.2) is 0 Å². The van der Waals surface area contributed by atoms with Gasteiger partial charge in [-0.05, 0) is 52.3 Å². The van der Waals surface area contributed by atoms with Gasteiger partial charge in [0, 0.05) is 6.04 Å². The lowest BCUT2D eigenvalue weighted by atomic mass is 10.2. The Labute approximate surface area is 103 Å². The summed E-state index contributed by atoms with van der Waals surface area (Å²) < 4.78 is 5.22. The number of carbonyl (C=O) groups is 1. The molecule has 0 bridgehead atoms. The molecule has 94 valence electrons. The second-order valence-electron chi connectivity index (χ2n) is 5.22. The van der Waals surface area contributed by atoms with Gasteiger partial charge in [-0.3, -0.25) is 4.79 Å². The lowest BCUT2D eigenvalue weighted by Crippen LogP contribution is -2.25. The molecule has 0 amide bonds. The van der Waals surface area contributed by atoms with Crippen LogP contribution in [0.4, 0.5) is 0 Å². The minimum atomic E-state index is -0.356. The van der Waals surface area contributed by atoms with Gasteiger partial charge < -0.3 is 10.1 Å². The van der Waals surface area contributed by atoms with Crippen molar-refractivity contribution in [1.82, 2.24) is 5.32 Å². The van der Waals surface area contributed by atoms with E-state index in [1.165, 1.54) is 12.8 Å². The first kappa shape index (κ1) is 13.8. The summed E-state index contributed by atoms with van der Waals surface area (Å²) in [5.74, 6) is 1.40. The molecule has 0 aromatic rings. The van der Waals surface area contributed by atoms with Crippen molar-refractivity contribution >= 4 is 17.7 Å². The fourth-order valence-corrected chi connectivity index (χ4v) is 2.01. The van der Waals surface area contributed by atoms with Crippen molar-refractivity contribution in [3.8, 4) is 0 Å². The summed E-state index contributed by atoms with van der Waals surface area (Å²) in [6.45, 7) is 6.77. The zero-order valence-corrected chi connectivity index (χ0v) is 11.4. The molecule has 3 nitrogen and oxygen atoms in total. The molecule has 0 aromatic carbocycles. The van der Waals surface area contributed by atoms with Gasteiger partial charge in [0.05, 0.1) is 5.75 Å². The lowest BCUT2D eigenvalue weighted by molar-refractivity contribution is -0.151. The van der Waals surface area contributed by atoms with Gasteiger partial charge in [-0.25, -0.2) is 0 Å². The van der Waals surface area contributed by atoms with Crippen LogP contribution < -0.4 is 5.32 Å². The van der Waals surface area contributed by atoms with Gasteiger partial charge >= 0.3 is 5.97 Å². The average molecular weight is 245 g/mol. The first-order valence-electron chi connectivity index (χ1n) is 6.00. The van der Waals surface area contributed by atoms with Crippen molar-refractivity contribution in [2.75, 3.05) is 18.1 Å². The third-order valence-electron chi connectivity index (χ3n) is 2.12. The first-order valence-corrected chi connectivity index (χ1v) is 7.16. The lowest BCUT2D eigenvalue weighted by Gasteiger charge is -2.19. The van der Waals surface area contributed by atoms with Gasteiger partial charge in [-0.15, -0.1) is 0 Å². The Morgan fingerprint density at radius 2 is 2.12 bits per heavy atom. The summed E-state index contributed by atoms with van der Waals surface area (Å²) in [5, 5.41) is 3.45. The van der Waals surface area contributed by atoms with E-state index in [-0.39, 0.29) is 11.6 Å². The summed E-state index contributed by atoms with van der Waals surface area (Å²) >= 11 is 1.66. The Kier molecular flexibility index (Phi) is 5.62. The molecule has 0 aromatic heterocycles.